The van der Waals surface area contributed by atoms with E-state index >= 15 is 0 Å². The normalized spacial score (nSPS) is 9.73. The second-order valence-electron chi connectivity index (χ2n) is 2.95. The minimum absolute atomic E-state index is 0.0546. The Bertz CT molecular complexity index is 320. The number of nitrogens with zero attached hydrogens (tertiary/aromatic N) is 3. The van der Waals surface area contributed by atoms with Crippen LogP contribution in [0.15, 0.2) is 6.20 Å². The molecule has 6 heteroatoms. The van der Waals surface area contributed by atoms with Crippen molar-refractivity contribution in [1.29, 1.82) is 0 Å². The van der Waals surface area contributed by atoms with Crippen LogP contribution in [0.2, 0.25) is 0 Å². The molecule has 86 valence electrons. The first-order chi connectivity index (χ1) is 7.06. The van der Waals surface area contributed by atoms with Gasteiger partial charge in [-0.3, -0.25) is 14.8 Å². The van der Waals surface area contributed by atoms with Gasteiger partial charge in [-0.2, -0.15) is 5.10 Å². The fraction of sp³-hybridized carbons (Fsp3) is 0.667. The van der Waals surface area contributed by atoms with Gasteiger partial charge in [0.05, 0.1) is 11.5 Å². The van der Waals surface area contributed by atoms with Crippen LogP contribution in [0.1, 0.15) is 39.4 Å². The molecule has 1 rings (SSSR count). The van der Waals surface area contributed by atoms with Crippen molar-refractivity contribution >= 4 is 5.69 Å². The SMILES string of the molecule is CC.CC(C)n1cc([N+](=O)[O-])c(CO)n1. The van der Waals surface area contributed by atoms with Crippen LogP contribution in [0.3, 0.4) is 0 Å². The number of nitro groups is 1. The molecule has 1 heterocycles. The van der Waals surface area contributed by atoms with Crippen molar-refractivity contribution in [3.63, 3.8) is 0 Å². The van der Waals surface area contributed by atoms with Crippen LogP contribution >= 0.6 is 0 Å². The van der Waals surface area contributed by atoms with Crippen molar-refractivity contribution in [1.82, 2.24) is 9.78 Å². The third kappa shape index (κ3) is 3.32. The van der Waals surface area contributed by atoms with Crippen molar-refractivity contribution in [2.45, 2.75) is 40.3 Å². The maximum atomic E-state index is 10.5. The highest BCUT2D eigenvalue weighted by Crippen LogP contribution is 2.18. The van der Waals surface area contributed by atoms with Crippen LogP contribution in [0.4, 0.5) is 5.69 Å². The molecule has 0 aliphatic heterocycles. The fourth-order valence-corrected chi connectivity index (χ4v) is 0.949. The highest BCUT2D eigenvalue weighted by atomic mass is 16.6. The maximum absolute atomic E-state index is 10.5. The van der Waals surface area contributed by atoms with Gasteiger partial charge < -0.3 is 5.11 Å². The molecule has 0 radical (unpaired) electrons. The molecular formula is C9H17N3O3. The maximum Gasteiger partial charge on any atom is 0.312 e. The summed E-state index contributed by atoms with van der Waals surface area (Å²) in [5.41, 5.74) is -0.0186. The summed E-state index contributed by atoms with van der Waals surface area (Å²) < 4.78 is 1.46. The zero-order valence-electron chi connectivity index (χ0n) is 9.47. The van der Waals surface area contributed by atoms with Crippen LogP contribution in [0.25, 0.3) is 0 Å². The lowest BCUT2D eigenvalue weighted by atomic mass is 10.4. The van der Waals surface area contributed by atoms with Crippen molar-refractivity contribution in [2.75, 3.05) is 0 Å². The summed E-state index contributed by atoms with van der Waals surface area (Å²) in [6.07, 6.45) is 1.33. The van der Waals surface area contributed by atoms with E-state index in [1.165, 1.54) is 10.9 Å². The standard InChI is InChI=1S/C7H11N3O3.C2H6/c1-5(2)9-3-7(10(12)13)6(4-11)8-9;1-2/h3,5,11H,4H2,1-2H3;1-2H3. The van der Waals surface area contributed by atoms with E-state index in [4.69, 9.17) is 5.11 Å². The van der Waals surface area contributed by atoms with Crippen LogP contribution in [-0.4, -0.2) is 19.8 Å². The molecule has 0 aromatic carbocycles. The van der Waals surface area contributed by atoms with Crippen molar-refractivity contribution < 1.29 is 10.0 Å². The molecule has 0 amide bonds. The lowest BCUT2D eigenvalue weighted by Gasteiger charge is -2.01. The lowest BCUT2D eigenvalue weighted by molar-refractivity contribution is -0.386. The van der Waals surface area contributed by atoms with Crippen LogP contribution in [0.5, 0.6) is 0 Å². The van der Waals surface area contributed by atoms with E-state index in [-0.39, 0.29) is 17.4 Å². The van der Waals surface area contributed by atoms with Crippen LogP contribution in [-0.2, 0) is 6.61 Å². The molecule has 1 aromatic heterocycles. The quantitative estimate of drug-likeness (QED) is 0.616. The van der Waals surface area contributed by atoms with E-state index < -0.39 is 11.5 Å². The summed E-state index contributed by atoms with van der Waals surface area (Å²) in [4.78, 5) is 9.91. The summed E-state index contributed by atoms with van der Waals surface area (Å²) >= 11 is 0. The number of aromatic nitrogens is 2. The van der Waals surface area contributed by atoms with Crippen LogP contribution in [0, 0.1) is 10.1 Å². The summed E-state index contributed by atoms with van der Waals surface area (Å²) in [6.45, 7) is 7.31. The molecule has 1 N–H and O–H groups in total. The van der Waals surface area contributed by atoms with E-state index in [9.17, 15) is 10.1 Å². The van der Waals surface area contributed by atoms with Gasteiger partial charge in [-0.1, -0.05) is 13.8 Å². The molecule has 0 aliphatic rings. The average molecular weight is 215 g/mol. The molecule has 0 bridgehead atoms. The zero-order valence-corrected chi connectivity index (χ0v) is 9.47. The van der Waals surface area contributed by atoms with Crippen molar-refractivity contribution in [3.05, 3.63) is 22.0 Å². The van der Waals surface area contributed by atoms with E-state index in [2.05, 4.69) is 5.10 Å². The molecule has 0 saturated carbocycles. The molecule has 6 nitrogen and oxygen atoms in total. The van der Waals surface area contributed by atoms with Gasteiger partial charge in [0.2, 0.25) is 0 Å². The van der Waals surface area contributed by atoms with Gasteiger partial charge in [-0.15, -0.1) is 0 Å². The Morgan fingerprint density at radius 3 is 2.40 bits per heavy atom. The molecule has 0 atom stereocenters. The Morgan fingerprint density at radius 2 is 2.13 bits per heavy atom. The van der Waals surface area contributed by atoms with Gasteiger partial charge in [-0.25, -0.2) is 0 Å². The first-order valence-electron chi connectivity index (χ1n) is 4.89. The van der Waals surface area contributed by atoms with Gasteiger partial charge in [0, 0.05) is 6.04 Å². The Balaban J connectivity index is 0.000000921. The third-order valence-corrected chi connectivity index (χ3v) is 1.66. The van der Waals surface area contributed by atoms with Gasteiger partial charge in [0.15, 0.2) is 5.69 Å². The number of aliphatic hydroxyl groups is 1. The van der Waals surface area contributed by atoms with E-state index in [1.807, 2.05) is 27.7 Å². The van der Waals surface area contributed by atoms with E-state index in [0.29, 0.717) is 0 Å². The highest BCUT2D eigenvalue weighted by molar-refractivity contribution is 5.31. The summed E-state index contributed by atoms with van der Waals surface area (Å²) in [7, 11) is 0. The van der Waals surface area contributed by atoms with Gasteiger partial charge >= 0.3 is 5.69 Å². The van der Waals surface area contributed by atoms with Gasteiger partial charge in [0.1, 0.15) is 6.20 Å². The minimum atomic E-state index is -0.544. The van der Waals surface area contributed by atoms with Gasteiger partial charge in [-0.05, 0) is 13.8 Å². The molecule has 0 unspecified atom stereocenters. The predicted octanol–water partition coefficient (Wildman–Crippen LogP) is 1.89. The third-order valence-electron chi connectivity index (χ3n) is 1.66. The Morgan fingerprint density at radius 1 is 1.60 bits per heavy atom. The van der Waals surface area contributed by atoms with Crippen molar-refractivity contribution in [2.24, 2.45) is 0 Å². The monoisotopic (exact) mass is 215 g/mol. The topological polar surface area (TPSA) is 81.2 Å². The highest BCUT2D eigenvalue weighted by Gasteiger charge is 2.18. The molecule has 0 aliphatic carbocycles. The van der Waals surface area contributed by atoms with E-state index in [1.54, 1.807) is 0 Å². The zero-order chi connectivity index (χ0) is 12.0. The molecule has 1 aromatic rings. The summed E-state index contributed by atoms with van der Waals surface area (Å²) in [5.74, 6) is 0. The van der Waals surface area contributed by atoms with Crippen molar-refractivity contribution in [3.8, 4) is 0 Å². The number of aliphatic hydroxyl groups excluding tert-OH is 1. The molecule has 0 spiro atoms. The summed E-state index contributed by atoms with van der Waals surface area (Å²) in [5, 5.41) is 23.1. The first kappa shape index (κ1) is 13.6. The molecule has 15 heavy (non-hydrogen) atoms. The smallest absolute Gasteiger partial charge is 0.312 e. The summed E-state index contributed by atoms with van der Waals surface area (Å²) in [6, 6.07) is 0.0546. The largest absolute Gasteiger partial charge is 0.390 e. The Labute approximate surface area is 88.7 Å². The number of hydrogen-bond donors (Lipinski definition) is 1. The van der Waals surface area contributed by atoms with Gasteiger partial charge in [0.25, 0.3) is 0 Å². The Hall–Kier alpha value is -1.43. The number of hydrogen-bond acceptors (Lipinski definition) is 4. The predicted molar refractivity (Wildman–Crippen MR) is 56.5 cm³/mol. The second-order valence-corrected chi connectivity index (χ2v) is 2.95. The average Bonchev–Trinajstić information content (AvgIpc) is 2.64. The second kappa shape index (κ2) is 6.13. The van der Waals surface area contributed by atoms with Crippen LogP contribution < -0.4 is 0 Å². The molecule has 0 saturated heterocycles. The molecular weight excluding hydrogens is 198 g/mol. The molecule has 0 fully saturated rings. The Kier molecular flexibility index (Phi) is 5.54. The lowest BCUT2D eigenvalue weighted by Crippen LogP contribution is -2.01. The first-order valence-corrected chi connectivity index (χ1v) is 4.89. The fourth-order valence-electron chi connectivity index (χ4n) is 0.949. The minimum Gasteiger partial charge on any atom is -0.390 e. The van der Waals surface area contributed by atoms with E-state index in [0.717, 1.165) is 0 Å². The number of rotatable bonds is 3.